The molecular formula is C125H99FN2O2. The van der Waals surface area contributed by atoms with Crippen molar-refractivity contribution >= 4 is 51.8 Å². The Hall–Kier alpha value is -15.7. The second-order valence-corrected chi connectivity index (χ2v) is 35.0. The van der Waals surface area contributed by atoms with Crippen LogP contribution in [-0.2, 0) is 24.0 Å². The lowest BCUT2D eigenvalue weighted by Crippen LogP contribution is -2.29. The van der Waals surface area contributed by atoms with Gasteiger partial charge in [-0.15, -0.1) is 0 Å². The average molecular weight is 1680 g/mol. The molecule has 0 bridgehead atoms. The van der Waals surface area contributed by atoms with Crippen molar-refractivity contribution < 1.29 is 13.9 Å². The van der Waals surface area contributed by atoms with Crippen LogP contribution in [-0.4, -0.2) is 0 Å². The summed E-state index contributed by atoms with van der Waals surface area (Å²) in [6.45, 7) is 28.1. The molecular weight excluding hydrogens is 1580 g/mol. The van der Waals surface area contributed by atoms with Crippen LogP contribution in [0, 0.1) is 47.4 Å². The van der Waals surface area contributed by atoms with E-state index in [1.807, 2.05) is 24.3 Å². The molecule has 4 nitrogen and oxygen atoms in total. The third-order valence-electron chi connectivity index (χ3n) is 26.8. The minimum atomic E-state index is -0.647. The monoisotopic (exact) mass is 1680 g/mol. The van der Waals surface area contributed by atoms with Gasteiger partial charge >= 0.3 is 0 Å². The fraction of sp³-hybridized carbons (Fsp3) is 0.0880. The van der Waals surface area contributed by atoms with Gasteiger partial charge in [-0.25, -0.2) is 4.39 Å². The number of ether oxygens (including phenoxy) is 2. The van der Waals surface area contributed by atoms with Crippen LogP contribution in [0.25, 0.3) is 95.6 Å². The minimum absolute atomic E-state index is 0.224. The molecule has 2 unspecified atom stereocenters. The third kappa shape index (κ3) is 15.2. The topological polar surface area (TPSA) is 24.9 Å². The summed E-state index contributed by atoms with van der Waals surface area (Å²) in [5.74, 6) is 1.40. The summed E-state index contributed by atoms with van der Waals surface area (Å²) in [6, 6.07) is 146. The zero-order valence-electron chi connectivity index (χ0n) is 74.4. The Morgan fingerprint density at radius 2 is 0.585 bits per heavy atom. The molecule has 2 aliphatic rings. The highest BCUT2D eigenvalue weighted by Gasteiger charge is 2.49. The van der Waals surface area contributed by atoms with Crippen LogP contribution in [0.3, 0.4) is 0 Å². The molecule has 5 heteroatoms. The number of hydrogen-bond donors (Lipinski definition) is 0. The van der Waals surface area contributed by atoms with Gasteiger partial charge in [0.25, 0.3) is 0 Å². The first-order valence-electron chi connectivity index (χ1n) is 44.8. The zero-order valence-corrected chi connectivity index (χ0v) is 74.4. The molecule has 2 aliphatic carbocycles. The van der Waals surface area contributed by atoms with E-state index in [0.29, 0.717) is 18.8 Å². The summed E-state index contributed by atoms with van der Waals surface area (Å²) in [4.78, 5) is 4.67. The molecule has 0 heterocycles. The molecule has 0 saturated heterocycles. The van der Waals surface area contributed by atoms with Gasteiger partial charge in [-0.3, -0.25) is 0 Å². The Morgan fingerprint density at radius 1 is 0.285 bits per heavy atom. The van der Waals surface area contributed by atoms with Crippen molar-refractivity contribution in [3.05, 3.63) is 532 Å². The maximum absolute atomic E-state index is 15.2. The highest BCUT2D eigenvalue weighted by Crippen LogP contribution is 2.60. The molecule has 0 fully saturated rings. The lowest BCUT2D eigenvalue weighted by molar-refractivity contribution is 0.306. The minimum Gasteiger partial charge on any atom is -0.489 e. The fourth-order valence-electron chi connectivity index (χ4n) is 19.9. The number of hydrogen-bond acceptors (Lipinski definition) is 4. The van der Waals surface area contributed by atoms with Crippen molar-refractivity contribution in [2.45, 2.75) is 72.5 Å². The Bertz CT molecular complexity index is 7360. The van der Waals surface area contributed by atoms with E-state index in [2.05, 4.69) is 453 Å². The summed E-state index contributed by atoms with van der Waals surface area (Å²) in [5.41, 5.74) is 43.4. The number of aryl methyl sites for hydroxylation is 6. The van der Waals surface area contributed by atoms with Crippen LogP contribution in [0.1, 0.15) is 113 Å². The van der Waals surface area contributed by atoms with Crippen molar-refractivity contribution in [1.29, 1.82) is 0 Å². The van der Waals surface area contributed by atoms with Crippen molar-refractivity contribution in [3.63, 3.8) is 0 Å². The summed E-state index contributed by atoms with van der Waals surface area (Å²) in [6.07, 6.45) is 3.72. The van der Waals surface area contributed by atoms with Gasteiger partial charge in [-0.05, 0) is 342 Å². The molecule has 2 atom stereocenters. The highest BCUT2D eigenvalue weighted by molar-refractivity contribution is 5.93. The SMILES string of the molecule is C=Cc1ccc(COc2ccc(C3(c4cc(C)ccc4C)c4ccccc4-c4ccc(-c5ccc(N(c6ccc(-c7ccc(N(c8ccc(-c9ccc(C)c(C(=C)C)c9)cc8)c8ccc(-c9ccc%10c(c9)C(c9ccc(OCc%11ccc(C=C)cc%11)cc9)(c9cc(C)ccc9C)c9ccccc9-%10)cc8)cc7)cc6)c6ccc(-c7ccc(C)c(F)c7)cc6)cc5)cc43)cc2)cc1. The third-order valence-corrected chi connectivity index (χ3v) is 26.8. The Labute approximate surface area is 763 Å². The first-order chi connectivity index (χ1) is 63.5. The largest absolute Gasteiger partial charge is 0.489 e. The van der Waals surface area contributed by atoms with Crippen molar-refractivity contribution in [2.75, 3.05) is 9.80 Å². The second-order valence-electron chi connectivity index (χ2n) is 35.0. The standard InChI is InChI=1S/C125H99FN2O2/c1-11-88-27-31-90(32-28-88)79-129-110-67-51-102(52-68-110)124(119-73-82(5)21-23-85(119)8)117-19-15-13-17-112(117)114-71-49-99(76-121(114)124)95-43-61-107(62-44-95)127(106-59-41-94(42-60-106)98-35-25-84(7)116(75-98)81(3)4)104-55-37-92(38-56-104)93-39-57-105(58-40-93)128(109-65-47-97(48-66-109)101-36-26-87(10)123(126)78-101)108-63-45-96(46-64-108)100-50-72-115-113-18-14-16-20-118(113)125(122(115)77-100,120-74-83(6)22-24-86(120)9)103-53-69-111(70-54-103)130-80-91-33-29-89(12-2)30-34-91/h11-78H,1-3,79-80H2,4-10H3. The number of allylic oxidation sites excluding steroid dienone is 1. The first kappa shape index (κ1) is 82.6. The van der Waals surface area contributed by atoms with E-state index in [1.54, 1.807) is 13.0 Å². The van der Waals surface area contributed by atoms with Crippen LogP contribution in [0.15, 0.2) is 420 Å². The number of halogens is 1. The van der Waals surface area contributed by atoms with Gasteiger partial charge in [0.15, 0.2) is 0 Å². The molecule has 0 N–H and O–H groups in total. The van der Waals surface area contributed by atoms with Gasteiger partial charge < -0.3 is 19.3 Å². The lowest BCUT2D eigenvalue weighted by atomic mass is 9.66. The molecule has 0 aromatic heterocycles. The number of rotatable bonds is 24. The number of nitrogens with zero attached hydrogens (tertiary/aromatic N) is 2. The second kappa shape index (κ2) is 34.6. The van der Waals surface area contributed by atoms with E-state index in [-0.39, 0.29) is 5.82 Å². The Balaban J connectivity index is 0.632. The van der Waals surface area contributed by atoms with Crippen molar-refractivity contribution in [3.8, 4) is 89.4 Å². The maximum Gasteiger partial charge on any atom is 0.126 e. The summed E-state index contributed by atoms with van der Waals surface area (Å²) >= 11 is 0. The van der Waals surface area contributed by atoms with Crippen molar-refractivity contribution in [1.82, 2.24) is 0 Å². The molecule has 0 aliphatic heterocycles. The normalized spacial score (nSPS) is 13.9. The van der Waals surface area contributed by atoms with Crippen LogP contribution >= 0.6 is 0 Å². The van der Waals surface area contributed by atoms with Gasteiger partial charge in [0.1, 0.15) is 30.5 Å². The molecule has 0 saturated carbocycles. The Morgan fingerprint density at radius 3 is 0.931 bits per heavy atom. The summed E-state index contributed by atoms with van der Waals surface area (Å²) in [5, 5.41) is 0. The number of benzene rings is 18. The molecule has 18 aromatic rings. The molecule has 130 heavy (non-hydrogen) atoms. The summed E-state index contributed by atoms with van der Waals surface area (Å²) < 4.78 is 28.2. The van der Waals surface area contributed by atoms with E-state index in [9.17, 15) is 0 Å². The first-order valence-corrected chi connectivity index (χ1v) is 44.8. The number of anilines is 6. The molecule has 628 valence electrons. The van der Waals surface area contributed by atoms with Gasteiger partial charge in [-0.1, -0.05) is 328 Å². The highest BCUT2D eigenvalue weighted by atomic mass is 19.1. The molecule has 0 radical (unpaired) electrons. The molecule has 18 aromatic carbocycles. The molecule has 0 amide bonds. The maximum atomic E-state index is 15.2. The van der Waals surface area contributed by atoms with Gasteiger partial charge in [0, 0.05) is 34.1 Å². The smallest absolute Gasteiger partial charge is 0.126 e. The molecule has 0 spiro atoms. The van der Waals surface area contributed by atoms with Crippen molar-refractivity contribution in [2.24, 2.45) is 0 Å². The van der Waals surface area contributed by atoms with E-state index in [1.165, 1.54) is 100 Å². The average Bonchev–Trinajstić information content (AvgIpc) is 1.53. The quantitative estimate of drug-likeness (QED) is 0.0602. The van der Waals surface area contributed by atoms with Gasteiger partial charge in [0.2, 0.25) is 0 Å². The van der Waals surface area contributed by atoms with Crippen LogP contribution in [0.4, 0.5) is 38.5 Å². The van der Waals surface area contributed by atoms with E-state index >= 15 is 4.39 Å². The molecule has 20 rings (SSSR count). The van der Waals surface area contributed by atoms with Gasteiger partial charge in [-0.2, -0.15) is 0 Å². The zero-order chi connectivity index (χ0) is 88.9. The lowest BCUT2D eigenvalue weighted by Gasteiger charge is -2.35. The van der Waals surface area contributed by atoms with E-state index in [0.717, 1.165) is 129 Å². The van der Waals surface area contributed by atoms with E-state index < -0.39 is 10.8 Å². The van der Waals surface area contributed by atoms with E-state index in [4.69, 9.17) is 9.47 Å². The summed E-state index contributed by atoms with van der Waals surface area (Å²) in [7, 11) is 0. The van der Waals surface area contributed by atoms with Crippen LogP contribution in [0.2, 0.25) is 0 Å². The Kier molecular flexibility index (Phi) is 22.0. The predicted octanol–water partition coefficient (Wildman–Crippen LogP) is 33.2. The van der Waals surface area contributed by atoms with Gasteiger partial charge in [0.05, 0.1) is 10.8 Å². The predicted molar refractivity (Wildman–Crippen MR) is 542 cm³/mol. The number of fused-ring (bicyclic) bond motifs is 6. The van der Waals surface area contributed by atoms with Crippen LogP contribution in [0.5, 0.6) is 11.5 Å². The fourth-order valence-corrected chi connectivity index (χ4v) is 19.9. The van der Waals surface area contributed by atoms with Crippen LogP contribution < -0.4 is 19.3 Å².